The predicted molar refractivity (Wildman–Crippen MR) is 106 cm³/mol. The summed E-state index contributed by atoms with van der Waals surface area (Å²) in [4.78, 5) is 11.0. The maximum atomic E-state index is 12.8. The molecule has 4 rings (SSSR count). The summed E-state index contributed by atoms with van der Waals surface area (Å²) in [5, 5.41) is 14.9. The van der Waals surface area contributed by atoms with Gasteiger partial charge < -0.3 is 14.8 Å². The molecule has 0 bridgehead atoms. The van der Waals surface area contributed by atoms with Crippen LogP contribution in [0.2, 0.25) is 0 Å². The molecule has 0 saturated carbocycles. The van der Waals surface area contributed by atoms with Gasteiger partial charge in [0, 0.05) is 31.1 Å². The molecule has 1 saturated heterocycles. The summed E-state index contributed by atoms with van der Waals surface area (Å²) in [6.45, 7) is 1.57. The second-order valence-corrected chi connectivity index (χ2v) is 8.76. The molecule has 9 nitrogen and oxygen atoms in total. The zero-order valence-corrected chi connectivity index (χ0v) is 16.4. The molecular formula is C19H21N3O6S. The molecule has 0 aliphatic carbocycles. The first kappa shape index (κ1) is 19.6. The number of sulfonamides is 1. The number of morpholine rings is 1. The van der Waals surface area contributed by atoms with E-state index in [1.165, 1.54) is 16.4 Å². The molecule has 1 atom stereocenters. The van der Waals surface area contributed by atoms with Crippen molar-refractivity contribution in [1.82, 2.24) is 4.31 Å². The number of anilines is 1. The van der Waals surface area contributed by atoms with Gasteiger partial charge in [0.05, 0.1) is 35.7 Å². The van der Waals surface area contributed by atoms with E-state index >= 15 is 0 Å². The smallest absolute Gasteiger partial charge is 0.293 e. The fourth-order valence-electron chi connectivity index (χ4n) is 3.56. The van der Waals surface area contributed by atoms with E-state index in [1.54, 1.807) is 0 Å². The Bertz CT molecular complexity index is 1020. The molecule has 2 aliphatic heterocycles. The first-order valence-electron chi connectivity index (χ1n) is 9.31. The van der Waals surface area contributed by atoms with Crippen LogP contribution in [0.1, 0.15) is 18.0 Å². The normalized spacial score (nSPS) is 19.8. The van der Waals surface area contributed by atoms with Gasteiger partial charge in [0.2, 0.25) is 10.0 Å². The van der Waals surface area contributed by atoms with Crippen LogP contribution in [-0.2, 0) is 14.8 Å². The van der Waals surface area contributed by atoms with Crippen LogP contribution in [-0.4, -0.2) is 50.6 Å². The number of benzene rings is 2. The van der Waals surface area contributed by atoms with Gasteiger partial charge in [0.25, 0.3) is 5.69 Å². The summed E-state index contributed by atoms with van der Waals surface area (Å²) in [6.07, 6.45) is 0.641. The molecule has 2 aromatic carbocycles. The van der Waals surface area contributed by atoms with E-state index < -0.39 is 14.9 Å². The van der Waals surface area contributed by atoms with Gasteiger partial charge in [-0.1, -0.05) is 18.2 Å². The molecule has 0 aromatic heterocycles. The van der Waals surface area contributed by atoms with Crippen molar-refractivity contribution < 1.29 is 22.8 Å². The Morgan fingerprint density at radius 3 is 2.62 bits per heavy atom. The molecule has 0 spiro atoms. The van der Waals surface area contributed by atoms with Crippen molar-refractivity contribution in [3.8, 4) is 5.75 Å². The maximum Gasteiger partial charge on any atom is 0.293 e. The molecule has 1 unspecified atom stereocenters. The zero-order valence-electron chi connectivity index (χ0n) is 15.6. The lowest BCUT2D eigenvalue weighted by molar-refractivity contribution is -0.384. The number of para-hydroxylation sites is 1. The molecule has 10 heteroatoms. The molecule has 2 aromatic rings. The van der Waals surface area contributed by atoms with E-state index in [4.69, 9.17) is 9.47 Å². The molecule has 154 valence electrons. The average molecular weight is 419 g/mol. The predicted octanol–water partition coefficient (Wildman–Crippen LogP) is 2.55. The summed E-state index contributed by atoms with van der Waals surface area (Å²) in [5.41, 5.74) is 0.916. The monoisotopic (exact) mass is 419 g/mol. The van der Waals surface area contributed by atoms with Gasteiger partial charge >= 0.3 is 0 Å². The largest absolute Gasteiger partial charge is 0.493 e. The summed E-state index contributed by atoms with van der Waals surface area (Å²) < 4.78 is 37.8. The number of nitro benzene ring substituents is 1. The van der Waals surface area contributed by atoms with E-state index in [9.17, 15) is 18.5 Å². The van der Waals surface area contributed by atoms with Crippen LogP contribution in [0, 0.1) is 10.1 Å². The summed E-state index contributed by atoms with van der Waals surface area (Å²) in [6, 6.07) is 11.3. The first-order chi connectivity index (χ1) is 14.0. The molecule has 1 N–H and O–H groups in total. The highest BCUT2D eigenvalue weighted by molar-refractivity contribution is 7.89. The Morgan fingerprint density at radius 1 is 1.10 bits per heavy atom. The van der Waals surface area contributed by atoms with Crippen LogP contribution in [0.4, 0.5) is 11.4 Å². The van der Waals surface area contributed by atoms with Gasteiger partial charge in [-0.15, -0.1) is 0 Å². The third kappa shape index (κ3) is 3.91. The van der Waals surface area contributed by atoms with Gasteiger partial charge in [-0.25, -0.2) is 8.42 Å². The second kappa shape index (κ2) is 7.97. The number of nitro groups is 1. The third-order valence-electron chi connectivity index (χ3n) is 5.06. The molecule has 2 heterocycles. The minimum Gasteiger partial charge on any atom is -0.493 e. The Labute approximate surface area is 168 Å². The second-order valence-electron chi connectivity index (χ2n) is 6.82. The van der Waals surface area contributed by atoms with Crippen molar-refractivity contribution in [2.24, 2.45) is 0 Å². The van der Waals surface area contributed by atoms with Crippen LogP contribution < -0.4 is 10.1 Å². The summed E-state index contributed by atoms with van der Waals surface area (Å²) in [7, 11) is -3.82. The van der Waals surface area contributed by atoms with Gasteiger partial charge in [0.1, 0.15) is 11.4 Å². The van der Waals surface area contributed by atoms with Gasteiger partial charge in [-0.3, -0.25) is 10.1 Å². The number of fused-ring (bicyclic) bond motifs is 1. The van der Waals surface area contributed by atoms with Crippen molar-refractivity contribution in [3.05, 3.63) is 58.1 Å². The summed E-state index contributed by atoms with van der Waals surface area (Å²) >= 11 is 0. The third-order valence-corrected chi connectivity index (χ3v) is 6.96. The van der Waals surface area contributed by atoms with Crippen LogP contribution in [0.3, 0.4) is 0 Å². The van der Waals surface area contributed by atoms with Gasteiger partial charge in [-0.05, 0) is 18.2 Å². The van der Waals surface area contributed by atoms with Crippen LogP contribution in [0.15, 0.2) is 47.4 Å². The standard InChI is InChI=1S/C19H21N3O6S/c23-22(24)18-13-14(29(25,26)21-8-11-27-12-9-21)5-6-17(18)20-16-7-10-28-19-4-2-1-3-15(16)19/h1-6,13,16,20H,7-12H2. The molecule has 0 amide bonds. The van der Waals surface area contributed by atoms with Crippen molar-refractivity contribution in [1.29, 1.82) is 0 Å². The van der Waals surface area contributed by atoms with Gasteiger partial charge in [-0.2, -0.15) is 4.31 Å². The first-order valence-corrected chi connectivity index (χ1v) is 10.8. The van der Waals surface area contributed by atoms with Crippen LogP contribution >= 0.6 is 0 Å². The van der Waals surface area contributed by atoms with E-state index in [1.807, 2.05) is 24.3 Å². The quantitative estimate of drug-likeness (QED) is 0.586. The van der Waals surface area contributed by atoms with Crippen LogP contribution in [0.25, 0.3) is 0 Å². The Morgan fingerprint density at radius 2 is 1.86 bits per heavy atom. The Hall–Kier alpha value is -2.69. The van der Waals surface area contributed by atoms with Gasteiger partial charge in [0.15, 0.2) is 0 Å². The average Bonchev–Trinajstić information content (AvgIpc) is 2.74. The summed E-state index contributed by atoms with van der Waals surface area (Å²) in [5.74, 6) is 0.741. The zero-order chi connectivity index (χ0) is 20.4. The topological polar surface area (TPSA) is 111 Å². The minimum atomic E-state index is -3.82. The lowest BCUT2D eigenvalue weighted by Crippen LogP contribution is -2.40. The molecular weight excluding hydrogens is 398 g/mol. The van der Waals surface area contributed by atoms with Crippen molar-refractivity contribution >= 4 is 21.4 Å². The molecule has 0 radical (unpaired) electrons. The number of rotatable bonds is 5. The van der Waals surface area contributed by atoms with Crippen LogP contribution in [0.5, 0.6) is 5.75 Å². The molecule has 2 aliphatic rings. The number of ether oxygens (including phenoxy) is 2. The highest BCUT2D eigenvalue weighted by atomic mass is 32.2. The molecule has 1 fully saturated rings. The van der Waals surface area contributed by atoms with E-state index in [0.717, 1.165) is 17.4 Å². The number of nitrogens with zero attached hydrogens (tertiary/aromatic N) is 2. The lowest BCUT2D eigenvalue weighted by Gasteiger charge is -2.28. The highest BCUT2D eigenvalue weighted by Crippen LogP contribution is 2.37. The minimum absolute atomic E-state index is 0.0935. The number of hydrogen-bond acceptors (Lipinski definition) is 7. The SMILES string of the molecule is O=[N+]([O-])c1cc(S(=O)(=O)N2CCOCC2)ccc1NC1CCOc2ccccc21. The lowest BCUT2D eigenvalue weighted by atomic mass is 10.00. The highest BCUT2D eigenvalue weighted by Gasteiger charge is 2.30. The fourth-order valence-corrected chi connectivity index (χ4v) is 4.99. The number of nitrogens with one attached hydrogen (secondary N) is 1. The van der Waals surface area contributed by atoms with E-state index in [0.29, 0.717) is 26.2 Å². The van der Waals surface area contributed by atoms with E-state index in [2.05, 4.69) is 5.32 Å². The van der Waals surface area contributed by atoms with Crippen molar-refractivity contribution in [3.63, 3.8) is 0 Å². The maximum absolute atomic E-state index is 12.8. The number of hydrogen-bond donors (Lipinski definition) is 1. The van der Waals surface area contributed by atoms with E-state index in [-0.39, 0.29) is 35.4 Å². The fraction of sp³-hybridized carbons (Fsp3) is 0.368. The Balaban J connectivity index is 1.65. The Kier molecular flexibility index (Phi) is 5.39. The molecule has 29 heavy (non-hydrogen) atoms. The van der Waals surface area contributed by atoms with Crippen molar-refractivity contribution in [2.45, 2.75) is 17.4 Å². The van der Waals surface area contributed by atoms with Crippen molar-refractivity contribution in [2.75, 3.05) is 38.2 Å².